The lowest BCUT2D eigenvalue weighted by molar-refractivity contribution is -0.386. The molecule has 0 aromatic heterocycles. The molecule has 0 aliphatic rings. The van der Waals surface area contributed by atoms with Gasteiger partial charge in [-0.05, 0) is 60.4 Å². The highest BCUT2D eigenvalue weighted by Gasteiger charge is 2.21. The summed E-state index contributed by atoms with van der Waals surface area (Å²) >= 11 is 0. The Morgan fingerprint density at radius 2 is 1.41 bits per heavy atom. The van der Waals surface area contributed by atoms with Crippen molar-refractivity contribution in [3.8, 4) is 5.75 Å². The third-order valence-corrected chi connectivity index (χ3v) is 5.45. The zero-order valence-corrected chi connectivity index (χ0v) is 20.9. The molecule has 0 heterocycles. The van der Waals surface area contributed by atoms with Gasteiger partial charge >= 0.3 is 5.69 Å². The van der Waals surface area contributed by atoms with Gasteiger partial charge < -0.3 is 10.1 Å². The first-order valence-corrected chi connectivity index (χ1v) is 11.5. The number of amides is 3. The number of hydrazine groups is 1. The summed E-state index contributed by atoms with van der Waals surface area (Å²) in [4.78, 5) is 47.7. The van der Waals surface area contributed by atoms with Crippen LogP contribution in [-0.4, -0.2) is 28.7 Å². The first-order chi connectivity index (χ1) is 17.5. The normalized spacial score (nSPS) is 11.7. The number of anilines is 1. The molecule has 3 aromatic rings. The zero-order valence-electron chi connectivity index (χ0n) is 20.9. The number of carbonyl (C=O) groups excluding carboxylic acids is 3. The number of hydrogen-bond acceptors (Lipinski definition) is 6. The van der Waals surface area contributed by atoms with E-state index in [1.807, 2.05) is 12.1 Å². The summed E-state index contributed by atoms with van der Waals surface area (Å²) < 4.78 is 5.37. The second-order valence-corrected chi connectivity index (χ2v) is 9.29. The SMILES string of the molecule is CC(Oc1ccccc1[N+](=O)[O-])C(=O)NNC(=O)c1ccc(NC(=O)c2ccc(C(C)(C)C)cc2)cc1. The average Bonchev–Trinajstić information content (AvgIpc) is 2.87. The molecule has 0 spiro atoms. The van der Waals surface area contributed by atoms with E-state index in [0.29, 0.717) is 11.3 Å². The van der Waals surface area contributed by atoms with Crippen molar-refractivity contribution in [3.63, 3.8) is 0 Å². The second kappa shape index (κ2) is 11.3. The molecule has 0 aliphatic heterocycles. The predicted molar refractivity (Wildman–Crippen MR) is 138 cm³/mol. The highest BCUT2D eigenvalue weighted by atomic mass is 16.6. The van der Waals surface area contributed by atoms with Crippen LogP contribution in [0.25, 0.3) is 0 Å². The van der Waals surface area contributed by atoms with Crippen LogP contribution in [0.4, 0.5) is 11.4 Å². The first kappa shape index (κ1) is 26.9. The fraction of sp³-hybridized carbons (Fsp3) is 0.222. The largest absolute Gasteiger partial charge is 0.474 e. The van der Waals surface area contributed by atoms with Crippen molar-refractivity contribution in [1.29, 1.82) is 0 Å². The quantitative estimate of drug-likeness (QED) is 0.322. The maximum Gasteiger partial charge on any atom is 0.310 e. The molecule has 10 nitrogen and oxygen atoms in total. The Morgan fingerprint density at radius 3 is 2.00 bits per heavy atom. The monoisotopic (exact) mass is 504 g/mol. The average molecular weight is 505 g/mol. The van der Waals surface area contributed by atoms with Gasteiger partial charge in [0.05, 0.1) is 4.92 Å². The fourth-order valence-corrected chi connectivity index (χ4v) is 3.27. The zero-order chi connectivity index (χ0) is 27.2. The number of para-hydroxylation sites is 2. The molecule has 3 N–H and O–H groups in total. The van der Waals surface area contributed by atoms with E-state index >= 15 is 0 Å². The molecule has 3 rings (SSSR count). The molecular formula is C27H28N4O6. The molecule has 0 bridgehead atoms. The Balaban J connectivity index is 1.53. The minimum absolute atomic E-state index is 0.0153. The summed E-state index contributed by atoms with van der Waals surface area (Å²) in [7, 11) is 0. The van der Waals surface area contributed by atoms with Gasteiger partial charge in [-0.3, -0.25) is 35.3 Å². The van der Waals surface area contributed by atoms with Crippen LogP contribution in [0.1, 0.15) is 54.0 Å². The van der Waals surface area contributed by atoms with Crippen molar-refractivity contribution in [2.24, 2.45) is 0 Å². The summed E-state index contributed by atoms with van der Waals surface area (Å²) in [6, 6.07) is 19.2. The van der Waals surface area contributed by atoms with E-state index in [9.17, 15) is 24.5 Å². The van der Waals surface area contributed by atoms with Crippen molar-refractivity contribution in [1.82, 2.24) is 10.9 Å². The number of nitrogens with one attached hydrogen (secondary N) is 3. The van der Waals surface area contributed by atoms with E-state index in [1.54, 1.807) is 30.3 Å². The highest BCUT2D eigenvalue weighted by Crippen LogP contribution is 2.27. The third kappa shape index (κ3) is 7.14. The molecule has 1 atom stereocenters. The minimum atomic E-state index is -1.11. The topological polar surface area (TPSA) is 140 Å². The van der Waals surface area contributed by atoms with Crippen LogP contribution in [-0.2, 0) is 10.2 Å². The van der Waals surface area contributed by atoms with Crippen LogP contribution < -0.4 is 20.9 Å². The molecule has 0 radical (unpaired) electrons. The lowest BCUT2D eigenvalue weighted by Crippen LogP contribution is -2.47. The van der Waals surface area contributed by atoms with E-state index in [4.69, 9.17) is 4.74 Å². The Bertz CT molecular complexity index is 1300. The molecule has 1 unspecified atom stereocenters. The van der Waals surface area contributed by atoms with E-state index in [-0.39, 0.29) is 28.3 Å². The van der Waals surface area contributed by atoms with E-state index in [1.165, 1.54) is 37.3 Å². The Kier molecular flexibility index (Phi) is 8.23. The molecule has 3 amide bonds. The molecule has 0 fully saturated rings. The Morgan fingerprint density at radius 1 is 0.838 bits per heavy atom. The molecule has 3 aromatic carbocycles. The van der Waals surface area contributed by atoms with Crippen molar-refractivity contribution >= 4 is 29.1 Å². The lowest BCUT2D eigenvalue weighted by Gasteiger charge is -2.19. The van der Waals surface area contributed by atoms with Crippen molar-refractivity contribution < 1.29 is 24.0 Å². The first-order valence-electron chi connectivity index (χ1n) is 11.5. The third-order valence-electron chi connectivity index (χ3n) is 5.45. The van der Waals surface area contributed by atoms with Crippen molar-refractivity contribution in [2.45, 2.75) is 39.2 Å². The molecule has 10 heteroatoms. The van der Waals surface area contributed by atoms with Crippen molar-refractivity contribution in [3.05, 3.63) is 99.6 Å². The van der Waals surface area contributed by atoms with Gasteiger partial charge in [-0.25, -0.2) is 0 Å². The van der Waals surface area contributed by atoms with Crippen molar-refractivity contribution in [2.75, 3.05) is 5.32 Å². The van der Waals surface area contributed by atoms with Gasteiger partial charge in [-0.2, -0.15) is 0 Å². The summed E-state index contributed by atoms with van der Waals surface area (Å²) in [6.07, 6.45) is -1.11. The number of nitrogens with zero attached hydrogens (tertiary/aromatic N) is 1. The molecule has 0 aliphatic carbocycles. The fourth-order valence-electron chi connectivity index (χ4n) is 3.27. The molecular weight excluding hydrogens is 476 g/mol. The van der Waals surface area contributed by atoms with Crippen LogP contribution in [0.2, 0.25) is 0 Å². The van der Waals surface area contributed by atoms with Gasteiger partial charge in [-0.15, -0.1) is 0 Å². The Hall–Kier alpha value is -4.73. The van der Waals surface area contributed by atoms with Crippen LogP contribution in [0.3, 0.4) is 0 Å². The van der Waals surface area contributed by atoms with Gasteiger partial charge in [0.2, 0.25) is 0 Å². The Labute approximate surface area is 214 Å². The van der Waals surface area contributed by atoms with Crippen LogP contribution in [0.5, 0.6) is 5.75 Å². The van der Waals surface area contributed by atoms with Gasteiger partial charge in [0, 0.05) is 22.9 Å². The predicted octanol–water partition coefficient (Wildman–Crippen LogP) is 4.37. The van der Waals surface area contributed by atoms with E-state index in [2.05, 4.69) is 36.9 Å². The molecule has 0 saturated carbocycles. The molecule has 192 valence electrons. The van der Waals surface area contributed by atoms with Gasteiger partial charge in [0.25, 0.3) is 17.7 Å². The highest BCUT2D eigenvalue weighted by molar-refractivity contribution is 6.04. The number of carbonyl (C=O) groups is 3. The van der Waals surface area contributed by atoms with Crippen LogP contribution in [0.15, 0.2) is 72.8 Å². The van der Waals surface area contributed by atoms with Gasteiger partial charge in [0.15, 0.2) is 11.9 Å². The summed E-state index contributed by atoms with van der Waals surface area (Å²) in [5, 5.41) is 13.9. The maximum absolute atomic E-state index is 12.5. The van der Waals surface area contributed by atoms with Crippen LogP contribution in [0, 0.1) is 10.1 Å². The smallest absolute Gasteiger partial charge is 0.310 e. The number of nitro groups is 1. The maximum atomic E-state index is 12.5. The number of ether oxygens (including phenoxy) is 1. The summed E-state index contributed by atoms with van der Waals surface area (Å²) in [6.45, 7) is 7.68. The van der Waals surface area contributed by atoms with Crippen LogP contribution >= 0.6 is 0 Å². The standard InChI is InChI=1S/C27H28N4O6/c1-17(37-23-8-6-5-7-22(23)31(35)36)24(32)29-30-26(34)19-11-15-21(16-12-19)28-25(33)18-9-13-20(14-10-18)27(2,3)4/h5-17H,1-4H3,(H,28,33)(H,29,32)(H,30,34). The lowest BCUT2D eigenvalue weighted by atomic mass is 9.87. The molecule has 37 heavy (non-hydrogen) atoms. The summed E-state index contributed by atoms with van der Waals surface area (Å²) in [5.74, 6) is -1.64. The minimum Gasteiger partial charge on any atom is -0.474 e. The van der Waals surface area contributed by atoms with Gasteiger partial charge in [0.1, 0.15) is 0 Å². The number of nitro benzene ring substituents is 1. The second-order valence-electron chi connectivity index (χ2n) is 9.29. The van der Waals surface area contributed by atoms with E-state index < -0.39 is 22.8 Å². The molecule has 0 saturated heterocycles. The summed E-state index contributed by atoms with van der Waals surface area (Å²) in [5.41, 5.74) is 6.57. The number of benzene rings is 3. The number of hydrogen-bond donors (Lipinski definition) is 3. The number of rotatable bonds is 7. The van der Waals surface area contributed by atoms with Gasteiger partial charge in [-0.1, -0.05) is 45.0 Å². The van der Waals surface area contributed by atoms with E-state index in [0.717, 1.165) is 5.56 Å².